The first-order chi connectivity index (χ1) is 9.28. The number of hydrogen-bond donors (Lipinski definition) is 1. The van der Waals surface area contributed by atoms with Crippen molar-refractivity contribution in [2.75, 3.05) is 14.2 Å². The Morgan fingerprint density at radius 2 is 1.68 bits per heavy atom. The minimum Gasteiger partial charge on any atom is -0.493 e. The second-order valence-electron chi connectivity index (χ2n) is 3.61. The summed E-state index contributed by atoms with van der Waals surface area (Å²) in [7, 11) is 3.09. The summed E-state index contributed by atoms with van der Waals surface area (Å²) >= 11 is 0. The topological polar surface area (TPSA) is 73.7 Å². The van der Waals surface area contributed by atoms with Crippen LogP contribution in [-0.4, -0.2) is 29.5 Å². The molecular formula is C13H14N2O4. The first-order valence-corrected chi connectivity index (χ1v) is 5.60. The number of benzene rings is 1. The molecule has 2 aromatic rings. The average Bonchev–Trinajstić information content (AvgIpc) is 2.48. The fourth-order valence-corrected chi connectivity index (χ4v) is 1.51. The lowest BCUT2D eigenvalue weighted by Crippen LogP contribution is -1.98. The van der Waals surface area contributed by atoms with Crippen molar-refractivity contribution in [3.8, 4) is 23.1 Å². The van der Waals surface area contributed by atoms with Crippen LogP contribution in [-0.2, 0) is 6.61 Å². The molecule has 0 unspecified atom stereocenters. The van der Waals surface area contributed by atoms with Gasteiger partial charge in [0.25, 0.3) is 0 Å². The first kappa shape index (κ1) is 13.1. The van der Waals surface area contributed by atoms with Gasteiger partial charge in [0.05, 0.1) is 26.5 Å². The predicted octanol–water partition coefficient (Wildman–Crippen LogP) is 1.78. The quantitative estimate of drug-likeness (QED) is 0.885. The summed E-state index contributed by atoms with van der Waals surface area (Å²) in [6.07, 6.45) is 0. The van der Waals surface area contributed by atoms with Gasteiger partial charge in [0.15, 0.2) is 11.5 Å². The third kappa shape index (κ3) is 2.92. The van der Waals surface area contributed by atoms with Crippen LogP contribution in [0, 0.1) is 0 Å². The monoisotopic (exact) mass is 262 g/mol. The molecule has 6 heteroatoms. The summed E-state index contributed by atoms with van der Waals surface area (Å²) in [5.74, 6) is 1.79. The van der Waals surface area contributed by atoms with Crippen LogP contribution < -0.4 is 14.2 Å². The molecule has 0 radical (unpaired) electrons. The van der Waals surface area contributed by atoms with E-state index in [1.807, 2.05) is 0 Å². The van der Waals surface area contributed by atoms with Crippen molar-refractivity contribution in [3.63, 3.8) is 0 Å². The van der Waals surface area contributed by atoms with E-state index >= 15 is 0 Å². The fraction of sp³-hybridized carbons (Fsp3) is 0.231. The summed E-state index contributed by atoms with van der Waals surface area (Å²) in [6, 6.07) is 8.56. The zero-order chi connectivity index (χ0) is 13.7. The van der Waals surface area contributed by atoms with Crippen molar-refractivity contribution in [1.29, 1.82) is 0 Å². The third-order valence-electron chi connectivity index (χ3n) is 2.45. The molecule has 0 aliphatic carbocycles. The number of nitrogens with zero attached hydrogens (tertiary/aromatic N) is 2. The van der Waals surface area contributed by atoms with E-state index in [2.05, 4.69) is 10.2 Å². The zero-order valence-electron chi connectivity index (χ0n) is 10.7. The summed E-state index contributed by atoms with van der Waals surface area (Å²) in [5.41, 5.74) is 0.472. The highest BCUT2D eigenvalue weighted by Crippen LogP contribution is 2.39. The van der Waals surface area contributed by atoms with E-state index in [4.69, 9.17) is 19.3 Å². The zero-order valence-corrected chi connectivity index (χ0v) is 10.7. The summed E-state index contributed by atoms with van der Waals surface area (Å²) in [6.45, 7) is -0.161. The number of para-hydroxylation sites is 1. The van der Waals surface area contributed by atoms with E-state index in [0.717, 1.165) is 0 Å². The third-order valence-corrected chi connectivity index (χ3v) is 2.45. The molecule has 0 saturated carbocycles. The van der Waals surface area contributed by atoms with Gasteiger partial charge in [0.1, 0.15) is 0 Å². The van der Waals surface area contributed by atoms with Crippen molar-refractivity contribution >= 4 is 0 Å². The van der Waals surface area contributed by atoms with Crippen LogP contribution in [0.1, 0.15) is 5.69 Å². The highest BCUT2D eigenvalue weighted by atomic mass is 16.5. The van der Waals surface area contributed by atoms with E-state index in [1.54, 1.807) is 44.6 Å². The number of aromatic nitrogens is 2. The number of ether oxygens (including phenoxy) is 3. The lowest BCUT2D eigenvalue weighted by atomic mass is 10.3. The lowest BCUT2D eigenvalue weighted by Gasteiger charge is -2.12. The number of hydrogen-bond acceptors (Lipinski definition) is 6. The Kier molecular flexibility index (Phi) is 4.15. The van der Waals surface area contributed by atoms with Crippen molar-refractivity contribution in [1.82, 2.24) is 10.2 Å². The highest BCUT2D eigenvalue weighted by Gasteiger charge is 2.13. The molecular weight excluding hydrogens is 248 g/mol. The molecule has 19 heavy (non-hydrogen) atoms. The molecule has 0 aliphatic heterocycles. The van der Waals surface area contributed by atoms with Crippen LogP contribution >= 0.6 is 0 Å². The Bertz CT molecular complexity index is 521. The van der Waals surface area contributed by atoms with Gasteiger partial charge in [-0.25, -0.2) is 0 Å². The standard InChI is InChI=1S/C13H14N2O4/c1-17-10-4-3-5-11(18-2)13(10)19-12-7-6-9(8-16)14-15-12/h3-7,16H,8H2,1-2H3. The Hall–Kier alpha value is -2.34. The fourth-order valence-electron chi connectivity index (χ4n) is 1.51. The van der Waals surface area contributed by atoms with Gasteiger partial charge >= 0.3 is 0 Å². The van der Waals surface area contributed by atoms with Crippen LogP contribution in [0.2, 0.25) is 0 Å². The maximum absolute atomic E-state index is 8.90. The van der Waals surface area contributed by atoms with Gasteiger partial charge in [-0.15, -0.1) is 10.2 Å². The molecule has 0 amide bonds. The molecule has 0 fully saturated rings. The van der Waals surface area contributed by atoms with Crippen molar-refractivity contribution in [3.05, 3.63) is 36.0 Å². The smallest absolute Gasteiger partial charge is 0.239 e. The molecule has 1 aromatic heterocycles. The molecule has 100 valence electrons. The Labute approximate surface area is 110 Å². The van der Waals surface area contributed by atoms with Gasteiger partial charge in [0.2, 0.25) is 11.6 Å². The van der Waals surface area contributed by atoms with E-state index < -0.39 is 0 Å². The minimum atomic E-state index is -0.161. The van der Waals surface area contributed by atoms with Gasteiger partial charge < -0.3 is 19.3 Å². The van der Waals surface area contributed by atoms with Gasteiger partial charge in [-0.2, -0.15) is 0 Å². The van der Waals surface area contributed by atoms with Crippen LogP contribution in [0.15, 0.2) is 30.3 Å². The number of aliphatic hydroxyl groups excluding tert-OH is 1. The van der Waals surface area contributed by atoms with Crippen LogP contribution in [0.3, 0.4) is 0 Å². The largest absolute Gasteiger partial charge is 0.493 e. The summed E-state index contributed by atoms with van der Waals surface area (Å²) in [5, 5.41) is 16.5. The van der Waals surface area contributed by atoms with E-state index in [-0.39, 0.29) is 6.61 Å². The molecule has 1 N–H and O–H groups in total. The van der Waals surface area contributed by atoms with Gasteiger partial charge in [0, 0.05) is 6.07 Å². The van der Waals surface area contributed by atoms with Gasteiger partial charge in [-0.3, -0.25) is 0 Å². The second-order valence-corrected chi connectivity index (χ2v) is 3.61. The minimum absolute atomic E-state index is 0.161. The lowest BCUT2D eigenvalue weighted by molar-refractivity contribution is 0.274. The second kappa shape index (κ2) is 6.01. The highest BCUT2D eigenvalue weighted by molar-refractivity contribution is 5.52. The molecule has 1 aromatic carbocycles. The van der Waals surface area contributed by atoms with Crippen LogP contribution in [0.5, 0.6) is 23.1 Å². The van der Waals surface area contributed by atoms with Crippen molar-refractivity contribution in [2.45, 2.75) is 6.61 Å². The molecule has 1 heterocycles. The SMILES string of the molecule is COc1cccc(OC)c1Oc1ccc(CO)nn1. The number of methoxy groups -OCH3 is 2. The molecule has 6 nitrogen and oxygen atoms in total. The predicted molar refractivity (Wildman–Crippen MR) is 67.6 cm³/mol. The molecule has 0 spiro atoms. The van der Waals surface area contributed by atoms with Crippen molar-refractivity contribution in [2.24, 2.45) is 0 Å². The average molecular weight is 262 g/mol. The molecule has 0 saturated heterocycles. The maximum Gasteiger partial charge on any atom is 0.239 e. The molecule has 0 bridgehead atoms. The van der Waals surface area contributed by atoms with Gasteiger partial charge in [-0.1, -0.05) is 6.07 Å². The molecule has 0 atom stereocenters. The maximum atomic E-state index is 8.90. The Morgan fingerprint density at radius 3 is 2.16 bits per heavy atom. The molecule has 2 rings (SSSR count). The summed E-state index contributed by atoms with van der Waals surface area (Å²) in [4.78, 5) is 0. The summed E-state index contributed by atoms with van der Waals surface area (Å²) < 4.78 is 16.0. The van der Waals surface area contributed by atoms with Crippen LogP contribution in [0.4, 0.5) is 0 Å². The van der Waals surface area contributed by atoms with E-state index in [0.29, 0.717) is 28.8 Å². The first-order valence-electron chi connectivity index (χ1n) is 5.60. The number of aliphatic hydroxyl groups is 1. The van der Waals surface area contributed by atoms with E-state index in [1.165, 1.54) is 0 Å². The number of rotatable bonds is 5. The van der Waals surface area contributed by atoms with Gasteiger partial charge in [-0.05, 0) is 18.2 Å². The van der Waals surface area contributed by atoms with E-state index in [9.17, 15) is 0 Å². The van der Waals surface area contributed by atoms with Crippen LogP contribution in [0.25, 0.3) is 0 Å². The normalized spacial score (nSPS) is 10.1. The molecule has 0 aliphatic rings. The Morgan fingerprint density at radius 1 is 1.00 bits per heavy atom. The van der Waals surface area contributed by atoms with Crippen molar-refractivity contribution < 1.29 is 19.3 Å². The Balaban J connectivity index is 2.30.